The lowest BCUT2D eigenvalue weighted by molar-refractivity contribution is 0.0931. The lowest BCUT2D eigenvalue weighted by Crippen LogP contribution is -2.36. The Kier molecular flexibility index (Phi) is 5.20. The van der Waals surface area contributed by atoms with Gasteiger partial charge >= 0.3 is 0 Å². The number of carbonyl (C=O) groups is 1. The molecular formula is C15H24N2O. The maximum atomic E-state index is 12.3. The molecule has 0 heterocycles. The maximum absolute atomic E-state index is 12.3. The summed E-state index contributed by atoms with van der Waals surface area (Å²) in [5.74, 6) is 0.428. The molecule has 0 fully saturated rings. The number of carbonyl (C=O) groups excluding carboxylic acids is 1. The molecule has 0 aliphatic rings. The predicted octanol–water partition coefficient (Wildman–Crippen LogP) is 3.20. The van der Waals surface area contributed by atoms with Crippen LogP contribution in [0.1, 0.15) is 43.6 Å². The van der Waals surface area contributed by atoms with Crippen LogP contribution in [0.25, 0.3) is 0 Å². The second-order valence-electron chi connectivity index (χ2n) is 5.09. The molecule has 18 heavy (non-hydrogen) atoms. The van der Waals surface area contributed by atoms with E-state index in [1.54, 1.807) is 0 Å². The first-order chi connectivity index (χ1) is 8.45. The summed E-state index contributed by atoms with van der Waals surface area (Å²) < 4.78 is 0. The van der Waals surface area contributed by atoms with E-state index in [-0.39, 0.29) is 11.9 Å². The van der Waals surface area contributed by atoms with Gasteiger partial charge in [0.1, 0.15) is 0 Å². The third-order valence-electron chi connectivity index (χ3n) is 3.15. The quantitative estimate of drug-likeness (QED) is 0.840. The summed E-state index contributed by atoms with van der Waals surface area (Å²) in [4.78, 5) is 12.3. The van der Waals surface area contributed by atoms with Gasteiger partial charge in [0, 0.05) is 18.3 Å². The molecule has 0 bridgehead atoms. The summed E-state index contributed by atoms with van der Waals surface area (Å²) in [6.45, 7) is 11.1. The molecule has 1 aromatic rings. The fourth-order valence-corrected chi connectivity index (χ4v) is 1.64. The normalized spacial score (nSPS) is 12.3. The van der Waals surface area contributed by atoms with Crippen molar-refractivity contribution in [1.82, 2.24) is 5.32 Å². The summed E-state index contributed by atoms with van der Waals surface area (Å²) in [5.41, 5.74) is 2.72. The average molecular weight is 248 g/mol. The van der Waals surface area contributed by atoms with Crippen molar-refractivity contribution in [2.75, 3.05) is 11.9 Å². The van der Waals surface area contributed by atoms with Crippen molar-refractivity contribution in [3.8, 4) is 0 Å². The first-order valence-corrected chi connectivity index (χ1v) is 6.61. The largest absolute Gasteiger partial charge is 0.385 e. The Bertz CT molecular complexity index is 413. The van der Waals surface area contributed by atoms with Gasteiger partial charge in [0.15, 0.2) is 0 Å². The molecule has 2 N–H and O–H groups in total. The summed E-state index contributed by atoms with van der Waals surface area (Å²) in [6, 6.07) is 6.09. The van der Waals surface area contributed by atoms with Gasteiger partial charge in [-0.15, -0.1) is 0 Å². The molecule has 0 aromatic heterocycles. The van der Waals surface area contributed by atoms with E-state index in [1.807, 2.05) is 39.0 Å². The smallest absolute Gasteiger partial charge is 0.253 e. The van der Waals surface area contributed by atoms with Crippen LogP contribution in [0, 0.1) is 12.8 Å². The van der Waals surface area contributed by atoms with Gasteiger partial charge < -0.3 is 10.6 Å². The fourth-order valence-electron chi connectivity index (χ4n) is 1.64. The maximum Gasteiger partial charge on any atom is 0.253 e. The standard InChI is InChI=1S/C15H24N2O/c1-6-16-14-8-7-11(4)9-13(14)15(18)17-12(5)10(2)3/h7-10,12,16H,6H2,1-5H3,(H,17,18). The van der Waals surface area contributed by atoms with Gasteiger partial charge in [0.25, 0.3) is 5.91 Å². The second kappa shape index (κ2) is 6.43. The van der Waals surface area contributed by atoms with E-state index >= 15 is 0 Å². The van der Waals surface area contributed by atoms with Crippen LogP contribution in [0.5, 0.6) is 0 Å². The zero-order chi connectivity index (χ0) is 13.7. The van der Waals surface area contributed by atoms with Crippen LogP contribution in [0.15, 0.2) is 18.2 Å². The molecule has 0 radical (unpaired) electrons. The van der Waals surface area contributed by atoms with Gasteiger partial charge in [0.2, 0.25) is 0 Å². The molecule has 0 saturated carbocycles. The number of hydrogen-bond acceptors (Lipinski definition) is 2. The number of amides is 1. The molecule has 0 saturated heterocycles. The summed E-state index contributed by atoms with van der Waals surface area (Å²) in [6.07, 6.45) is 0. The minimum Gasteiger partial charge on any atom is -0.385 e. The van der Waals surface area contributed by atoms with Crippen molar-refractivity contribution in [1.29, 1.82) is 0 Å². The van der Waals surface area contributed by atoms with Crippen LogP contribution >= 0.6 is 0 Å². The van der Waals surface area contributed by atoms with Gasteiger partial charge in [-0.2, -0.15) is 0 Å². The molecule has 0 aliphatic carbocycles. The molecule has 0 spiro atoms. The molecular weight excluding hydrogens is 224 g/mol. The lowest BCUT2D eigenvalue weighted by atomic mass is 10.0. The van der Waals surface area contributed by atoms with E-state index in [4.69, 9.17) is 0 Å². The highest BCUT2D eigenvalue weighted by Gasteiger charge is 2.15. The minimum absolute atomic E-state index is 0.00384. The molecule has 1 atom stereocenters. The zero-order valence-electron chi connectivity index (χ0n) is 12.0. The van der Waals surface area contributed by atoms with Crippen LogP contribution in [-0.2, 0) is 0 Å². The molecule has 100 valence electrons. The number of aryl methyl sites for hydroxylation is 1. The Balaban J connectivity index is 2.92. The third kappa shape index (κ3) is 3.76. The third-order valence-corrected chi connectivity index (χ3v) is 3.15. The summed E-state index contributed by atoms with van der Waals surface area (Å²) in [5, 5.41) is 6.27. The molecule has 0 aliphatic heterocycles. The van der Waals surface area contributed by atoms with Crippen LogP contribution in [0.4, 0.5) is 5.69 Å². The molecule has 1 amide bonds. The topological polar surface area (TPSA) is 41.1 Å². The van der Waals surface area contributed by atoms with Crippen LogP contribution in [0.3, 0.4) is 0 Å². The Labute approximate surface area is 110 Å². The van der Waals surface area contributed by atoms with Gasteiger partial charge in [-0.05, 0) is 38.8 Å². The summed E-state index contributed by atoms with van der Waals surface area (Å²) in [7, 11) is 0. The first kappa shape index (κ1) is 14.6. The Morgan fingerprint density at radius 1 is 1.28 bits per heavy atom. The zero-order valence-corrected chi connectivity index (χ0v) is 12.0. The molecule has 1 rings (SSSR count). The number of benzene rings is 1. The second-order valence-corrected chi connectivity index (χ2v) is 5.09. The van der Waals surface area contributed by atoms with Gasteiger partial charge in [-0.25, -0.2) is 0 Å². The van der Waals surface area contributed by atoms with Gasteiger partial charge in [-0.3, -0.25) is 4.79 Å². The van der Waals surface area contributed by atoms with E-state index in [0.29, 0.717) is 5.92 Å². The predicted molar refractivity (Wildman–Crippen MR) is 77.1 cm³/mol. The molecule has 1 aromatic carbocycles. The monoisotopic (exact) mass is 248 g/mol. The van der Waals surface area contributed by atoms with Crippen molar-refractivity contribution in [2.24, 2.45) is 5.92 Å². The molecule has 3 nitrogen and oxygen atoms in total. The average Bonchev–Trinajstić information content (AvgIpc) is 2.31. The van der Waals surface area contributed by atoms with E-state index in [0.717, 1.165) is 23.4 Å². The van der Waals surface area contributed by atoms with E-state index in [9.17, 15) is 4.79 Å². The van der Waals surface area contributed by atoms with E-state index < -0.39 is 0 Å². The van der Waals surface area contributed by atoms with Gasteiger partial charge in [0.05, 0.1) is 5.56 Å². The highest BCUT2D eigenvalue weighted by Crippen LogP contribution is 2.17. The van der Waals surface area contributed by atoms with Crippen LogP contribution < -0.4 is 10.6 Å². The van der Waals surface area contributed by atoms with Crippen molar-refractivity contribution in [2.45, 2.75) is 40.7 Å². The van der Waals surface area contributed by atoms with Crippen molar-refractivity contribution >= 4 is 11.6 Å². The molecule has 3 heteroatoms. The van der Waals surface area contributed by atoms with Crippen molar-refractivity contribution in [3.63, 3.8) is 0 Å². The number of rotatable bonds is 5. The number of anilines is 1. The Morgan fingerprint density at radius 3 is 2.50 bits per heavy atom. The molecule has 1 unspecified atom stereocenters. The number of nitrogens with one attached hydrogen (secondary N) is 2. The van der Waals surface area contributed by atoms with Crippen molar-refractivity contribution < 1.29 is 4.79 Å². The van der Waals surface area contributed by atoms with Crippen LogP contribution in [-0.4, -0.2) is 18.5 Å². The van der Waals surface area contributed by atoms with E-state index in [2.05, 4.69) is 24.5 Å². The SMILES string of the molecule is CCNc1ccc(C)cc1C(=O)NC(C)C(C)C. The van der Waals surface area contributed by atoms with Crippen molar-refractivity contribution in [3.05, 3.63) is 29.3 Å². The summed E-state index contributed by atoms with van der Waals surface area (Å²) >= 11 is 0. The minimum atomic E-state index is -0.00384. The van der Waals surface area contributed by atoms with Crippen LogP contribution in [0.2, 0.25) is 0 Å². The first-order valence-electron chi connectivity index (χ1n) is 6.61. The van der Waals surface area contributed by atoms with Gasteiger partial charge in [-0.1, -0.05) is 25.5 Å². The Hall–Kier alpha value is -1.51. The number of hydrogen-bond donors (Lipinski definition) is 2. The van der Waals surface area contributed by atoms with E-state index in [1.165, 1.54) is 0 Å². The fraction of sp³-hybridized carbons (Fsp3) is 0.533. The Morgan fingerprint density at radius 2 is 1.94 bits per heavy atom. The highest BCUT2D eigenvalue weighted by atomic mass is 16.1. The highest BCUT2D eigenvalue weighted by molar-refractivity contribution is 6.00. The lowest BCUT2D eigenvalue weighted by Gasteiger charge is -2.19.